The number of sulfonamides is 1. The fourth-order valence-electron chi connectivity index (χ4n) is 4.87. The van der Waals surface area contributed by atoms with Crippen LogP contribution in [0.3, 0.4) is 0 Å². The zero-order valence-corrected chi connectivity index (χ0v) is 16.0. The van der Waals surface area contributed by atoms with Gasteiger partial charge in [-0.2, -0.15) is 0 Å². The van der Waals surface area contributed by atoms with Crippen LogP contribution in [0.2, 0.25) is 0 Å². The molecule has 0 aromatic heterocycles. The van der Waals surface area contributed by atoms with Crippen LogP contribution in [0.25, 0.3) is 0 Å². The number of Topliss-reactive ketones (excluding diaryl/α,β-unsaturated/α-hetero) is 1. The highest BCUT2D eigenvalue weighted by Crippen LogP contribution is 2.64. The molecule has 3 aliphatic rings. The number of ether oxygens (including phenoxy) is 2. The van der Waals surface area contributed by atoms with E-state index in [1.165, 1.54) is 0 Å². The van der Waals surface area contributed by atoms with Gasteiger partial charge in [-0.05, 0) is 36.3 Å². The van der Waals surface area contributed by atoms with E-state index in [1.807, 2.05) is 13.8 Å². The van der Waals surface area contributed by atoms with Crippen LogP contribution in [0, 0.1) is 16.7 Å². The zero-order chi connectivity index (χ0) is 18.6. The molecular weight excluding hydrogens is 354 g/mol. The molecule has 1 heterocycles. The Bertz CT molecular complexity index is 847. The molecule has 0 radical (unpaired) electrons. The van der Waals surface area contributed by atoms with Crippen LogP contribution in [0.15, 0.2) is 18.2 Å². The van der Waals surface area contributed by atoms with Crippen molar-refractivity contribution < 1.29 is 22.7 Å². The first-order valence-corrected chi connectivity index (χ1v) is 10.8. The summed E-state index contributed by atoms with van der Waals surface area (Å²) in [4.78, 5) is 12.6. The van der Waals surface area contributed by atoms with Crippen LogP contribution >= 0.6 is 0 Å². The number of ketones is 1. The van der Waals surface area contributed by atoms with Crippen molar-refractivity contribution in [3.05, 3.63) is 18.2 Å². The second kappa shape index (κ2) is 5.87. The topological polar surface area (TPSA) is 81.7 Å². The Hall–Kier alpha value is -1.76. The van der Waals surface area contributed by atoms with E-state index in [0.717, 1.165) is 12.8 Å². The van der Waals surface area contributed by atoms with Gasteiger partial charge in [0.25, 0.3) is 0 Å². The van der Waals surface area contributed by atoms with Crippen molar-refractivity contribution in [2.24, 2.45) is 16.7 Å². The number of carbonyl (C=O) groups is 1. The lowest BCUT2D eigenvalue weighted by molar-refractivity contribution is -0.128. The summed E-state index contributed by atoms with van der Waals surface area (Å²) < 4.78 is 39.6. The van der Waals surface area contributed by atoms with Crippen LogP contribution in [0.4, 0.5) is 5.69 Å². The lowest BCUT2D eigenvalue weighted by atomic mass is 9.70. The molecule has 2 atom stereocenters. The molecule has 6 nitrogen and oxygen atoms in total. The lowest BCUT2D eigenvalue weighted by Crippen LogP contribution is -2.43. The second-order valence-corrected chi connectivity index (χ2v) is 9.96. The summed E-state index contributed by atoms with van der Waals surface area (Å²) in [6, 6.07) is 5.03. The minimum absolute atomic E-state index is 0.0998. The predicted octanol–water partition coefficient (Wildman–Crippen LogP) is 2.99. The van der Waals surface area contributed by atoms with Crippen LogP contribution < -0.4 is 14.2 Å². The van der Waals surface area contributed by atoms with Crippen molar-refractivity contribution in [2.75, 3.05) is 23.7 Å². The largest absolute Gasteiger partial charge is 0.490 e. The van der Waals surface area contributed by atoms with Crippen LogP contribution in [0.5, 0.6) is 11.5 Å². The van der Waals surface area contributed by atoms with Crippen molar-refractivity contribution in [3.63, 3.8) is 0 Å². The molecule has 142 valence electrons. The first-order valence-electron chi connectivity index (χ1n) is 9.17. The molecule has 1 aliphatic heterocycles. The molecule has 2 unspecified atom stereocenters. The molecule has 2 bridgehead atoms. The summed E-state index contributed by atoms with van der Waals surface area (Å²) in [5, 5.41) is 0. The van der Waals surface area contributed by atoms with Gasteiger partial charge in [-0.3, -0.25) is 9.52 Å². The maximum absolute atomic E-state index is 12.9. The minimum Gasteiger partial charge on any atom is -0.490 e. The van der Waals surface area contributed by atoms with Gasteiger partial charge in [0.1, 0.15) is 5.78 Å². The molecule has 0 saturated heterocycles. The molecule has 0 spiro atoms. The standard InChI is InChI=1S/C19H25NO5S/c1-18(2)13-6-7-19(18,17(21)10-13)12-26(22,23)20-14-4-5-15-16(11-14)25-9-3-8-24-15/h4-5,11,13,20H,3,6-10,12H2,1-2H3. The average molecular weight is 379 g/mol. The third-order valence-corrected chi connectivity index (χ3v) is 8.02. The molecular formula is C19H25NO5S. The van der Waals surface area contributed by atoms with E-state index >= 15 is 0 Å². The first kappa shape index (κ1) is 17.6. The SMILES string of the molecule is CC1(C)C2CCC1(CS(=O)(=O)Nc1ccc3c(c1)OCCCO3)C(=O)C2. The monoisotopic (exact) mass is 379 g/mol. The third-order valence-electron chi connectivity index (χ3n) is 6.60. The van der Waals surface area contributed by atoms with Crippen molar-refractivity contribution >= 4 is 21.5 Å². The molecule has 2 saturated carbocycles. The molecule has 2 fully saturated rings. The minimum atomic E-state index is -3.67. The number of fused-ring (bicyclic) bond motifs is 3. The van der Waals surface area contributed by atoms with Crippen LogP contribution in [-0.2, 0) is 14.8 Å². The van der Waals surface area contributed by atoms with Crippen molar-refractivity contribution in [1.82, 2.24) is 0 Å². The number of carbonyl (C=O) groups excluding carboxylic acids is 1. The molecule has 7 heteroatoms. The van der Waals surface area contributed by atoms with Crippen molar-refractivity contribution in [1.29, 1.82) is 0 Å². The molecule has 0 amide bonds. The first-order chi connectivity index (χ1) is 12.2. The number of anilines is 1. The maximum atomic E-state index is 12.9. The van der Waals surface area contributed by atoms with E-state index in [4.69, 9.17) is 9.47 Å². The number of rotatable bonds is 4. The fraction of sp³-hybridized carbons (Fsp3) is 0.632. The van der Waals surface area contributed by atoms with E-state index < -0.39 is 15.4 Å². The zero-order valence-electron chi connectivity index (χ0n) is 15.2. The van der Waals surface area contributed by atoms with E-state index in [-0.39, 0.29) is 17.0 Å². The summed E-state index contributed by atoms with van der Waals surface area (Å²) >= 11 is 0. The van der Waals surface area contributed by atoms with Gasteiger partial charge >= 0.3 is 0 Å². The van der Waals surface area contributed by atoms with Gasteiger partial charge in [0, 0.05) is 18.9 Å². The third kappa shape index (κ3) is 2.68. The Morgan fingerprint density at radius 1 is 1.19 bits per heavy atom. The Labute approximate surface area is 154 Å². The van der Waals surface area contributed by atoms with E-state index in [0.29, 0.717) is 49.2 Å². The lowest BCUT2D eigenvalue weighted by Gasteiger charge is -2.36. The van der Waals surface area contributed by atoms with E-state index in [2.05, 4.69) is 4.72 Å². The summed E-state index contributed by atoms with van der Waals surface area (Å²) in [6.45, 7) is 5.20. The summed E-state index contributed by atoms with van der Waals surface area (Å²) in [6.07, 6.45) is 2.88. The van der Waals surface area contributed by atoms with Gasteiger partial charge in [-0.15, -0.1) is 0 Å². The number of hydrogen-bond donors (Lipinski definition) is 1. The van der Waals surface area contributed by atoms with Gasteiger partial charge in [0.2, 0.25) is 10.0 Å². The van der Waals surface area contributed by atoms with Gasteiger partial charge in [-0.1, -0.05) is 13.8 Å². The average Bonchev–Trinajstić information content (AvgIpc) is 2.80. The quantitative estimate of drug-likeness (QED) is 0.870. The number of hydrogen-bond acceptors (Lipinski definition) is 5. The van der Waals surface area contributed by atoms with Gasteiger partial charge in [0.05, 0.1) is 30.1 Å². The van der Waals surface area contributed by atoms with Gasteiger partial charge in [0.15, 0.2) is 11.5 Å². The smallest absolute Gasteiger partial charge is 0.233 e. The van der Waals surface area contributed by atoms with E-state index in [9.17, 15) is 13.2 Å². The van der Waals surface area contributed by atoms with Crippen LogP contribution in [0.1, 0.15) is 39.5 Å². The molecule has 1 N–H and O–H groups in total. The fourth-order valence-corrected chi connectivity index (χ4v) is 6.76. The summed E-state index contributed by atoms with van der Waals surface area (Å²) in [5.74, 6) is 1.40. The Balaban J connectivity index is 1.57. The highest BCUT2D eigenvalue weighted by Gasteiger charge is 2.65. The number of benzene rings is 1. The summed E-state index contributed by atoms with van der Waals surface area (Å²) in [7, 11) is -3.67. The van der Waals surface area contributed by atoms with Crippen molar-refractivity contribution in [3.8, 4) is 11.5 Å². The molecule has 1 aromatic carbocycles. The summed E-state index contributed by atoms with van der Waals surface area (Å²) in [5.41, 5.74) is -0.610. The Morgan fingerprint density at radius 2 is 1.92 bits per heavy atom. The normalized spacial score (nSPS) is 29.5. The predicted molar refractivity (Wildman–Crippen MR) is 98.0 cm³/mol. The van der Waals surface area contributed by atoms with Gasteiger partial charge in [-0.25, -0.2) is 8.42 Å². The second-order valence-electron chi connectivity index (χ2n) is 8.24. The van der Waals surface area contributed by atoms with Crippen molar-refractivity contribution in [2.45, 2.75) is 39.5 Å². The molecule has 1 aromatic rings. The highest BCUT2D eigenvalue weighted by atomic mass is 32.2. The molecule has 4 rings (SSSR count). The Kier molecular flexibility index (Phi) is 3.99. The van der Waals surface area contributed by atoms with E-state index in [1.54, 1.807) is 18.2 Å². The Morgan fingerprint density at radius 3 is 2.58 bits per heavy atom. The van der Waals surface area contributed by atoms with Crippen LogP contribution in [-0.4, -0.2) is 33.2 Å². The number of nitrogens with one attached hydrogen (secondary N) is 1. The molecule has 2 aliphatic carbocycles. The highest BCUT2D eigenvalue weighted by molar-refractivity contribution is 7.92. The maximum Gasteiger partial charge on any atom is 0.233 e. The molecule has 26 heavy (non-hydrogen) atoms. The van der Waals surface area contributed by atoms with Gasteiger partial charge < -0.3 is 9.47 Å².